The van der Waals surface area contributed by atoms with Crippen LogP contribution in [0.3, 0.4) is 0 Å². The summed E-state index contributed by atoms with van der Waals surface area (Å²) in [6.45, 7) is 3.74. The standard InChI is InChI=1S/C13H15BrN4/c1-2-18(8-10-6-4-3-5-7-10)13-11(14)12(15)16-9-17-13/h3-7,9H,2,8H2,1H3,(H2,15,16,17). The minimum atomic E-state index is 0.464. The number of nitrogens with two attached hydrogens (primary N) is 1. The highest BCUT2D eigenvalue weighted by Gasteiger charge is 2.13. The molecule has 0 aliphatic carbocycles. The van der Waals surface area contributed by atoms with Crippen LogP contribution in [0.2, 0.25) is 0 Å². The van der Waals surface area contributed by atoms with Gasteiger partial charge in [0.05, 0.1) is 0 Å². The summed E-state index contributed by atoms with van der Waals surface area (Å²) >= 11 is 3.44. The van der Waals surface area contributed by atoms with E-state index in [1.54, 1.807) is 0 Å². The number of hydrogen-bond acceptors (Lipinski definition) is 4. The van der Waals surface area contributed by atoms with Crippen molar-refractivity contribution < 1.29 is 0 Å². The van der Waals surface area contributed by atoms with Crippen LogP contribution in [0.1, 0.15) is 12.5 Å². The number of nitrogen functional groups attached to an aromatic ring is 1. The summed E-state index contributed by atoms with van der Waals surface area (Å²) in [5.74, 6) is 1.29. The first kappa shape index (κ1) is 12.8. The van der Waals surface area contributed by atoms with Crippen molar-refractivity contribution in [1.29, 1.82) is 0 Å². The van der Waals surface area contributed by atoms with Gasteiger partial charge in [0.2, 0.25) is 0 Å². The number of nitrogens with zero attached hydrogens (tertiary/aromatic N) is 3. The molecule has 0 atom stereocenters. The first-order valence-electron chi connectivity index (χ1n) is 5.77. The van der Waals surface area contributed by atoms with Crippen LogP contribution >= 0.6 is 15.9 Å². The van der Waals surface area contributed by atoms with Gasteiger partial charge in [-0.3, -0.25) is 0 Å². The highest BCUT2D eigenvalue weighted by atomic mass is 79.9. The molecule has 0 spiro atoms. The highest BCUT2D eigenvalue weighted by molar-refractivity contribution is 9.10. The Balaban J connectivity index is 2.26. The average Bonchev–Trinajstić information content (AvgIpc) is 2.41. The first-order chi connectivity index (χ1) is 8.72. The van der Waals surface area contributed by atoms with E-state index >= 15 is 0 Å². The Hall–Kier alpha value is -1.62. The van der Waals surface area contributed by atoms with Crippen molar-refractivity contribution in [1.82, 2.24) is 9.97 Å². The van der Waals surface area contributed by atoms with Crippen molar-refractivity contribution in [2.24, 2.45) is 0 Å². The van der Waals surface area contributed by atoms with Gasteiger partial charge in [-0.2, -0.15) is 0 Å². The maximum Gasteiger partial charge on any atom is 0.148 e. The minimum absolute atomic E-state index is 0.464. The summed E-state index contributed by atoms with van der Waals surface area (Å²) in [5, 5.41) is 0. The molecular weight excluding hydrogens is 292 g/mol. The van der Waals surface area contributed by atoms with Crippen LogP contribution in [-0.2, 0) is 6.54 Å². The SMILES string of the molecule is CCN(Cc1ccccc1)c1ncnc(N)c1Br. The molecule has 0 saturated heterocycles. The fourth-order valence-corrected chi connectivity index (χ4v) is 2.19. The third kappa shape index (κ3) is 2.79. The fraction of sp³-hybridized carbons (Fsp3) is 0.231. The topological polar surface area (TPSA) is 55.0 Å². The van der Waals surface area contributed by atoms with Crippen LogP contribution in [0.5, 0.6) is 0 Å². The zero-order chi connectivity index (χ0) is 13.0. The third-order valence-corrected chi connectivity index (χ3v) is 3.46. The number of rotatable bonds is 4. The minimum Gasteiger partial charge on any atom is -0.383 e. The van der Waals surface area contributed by atoms with E-state index in [4.69, 9.17) is 5.73 Å². The van der Waals surface area contributed by atoms with Crippen LogP contribution < -0.4 is 10.6 Å². The number of aromatic nitrogens is 2. The van der Waals surface area contributed by atoms with Crippen LogP contribution in [0.15, 0.2) is 41.1 Å². The first-order valence-corrected chi connectivity index (χ1v) is 6.56. The molecule has 0 saturated carbocycles. The van der Waals surface area contributed by atoms with Gasteiger partial charge >= 0.3 is 0 Å². The molecule has 18 heavy (non-hydrogen) atoms. The molecule has 2 N–H and O–H groups in total. The van der Waals surface area contributed by atoms with Gasteiger partial charge in [-0.1, -0.05) is 30.3 Å². The average molecular weight is 307 g/mol. The van der Waals surface area contributed by atoms with Gasteiger partial charge in [0, 0.05) is 13.1 Å². The summed E-state index contributed by atoms with van der Waals surface area (Å²) < 4.78 is 0.753. The summed E-state index contributed by atoms with van der Waals surface area (Å²) in [6.07, 6.45) is 1.49. The molecule has 0 aliphatic rings. The van der Waals surface area contributed by atoms with Gasteiger partial charge in [-0.15, -0.1) is 0 Å². The van der Waals surface area contributed by atoms with E-state index in [0.717, 1.165) is 23.4 Å². The number of halogens is 1. The van der Waals surface area contributed by atoms with Crippen LogP contribution in [0.4, 0.5) is 11.6 Å². The van der Waals surface area contributed by atoms with Crippen molar-refractivity contribution in [3.63, 3.8) is 0 Å². The van der Waals surface area contributed by atoms with Crippen molar-refractivity contribution in [2.75, 3.05) is 17.2 Å². The second-order valence-electron chi connectivity index (χ2n) is 3.90. The molecule has 1 heterocycles. The van der Waals surface area contributed by atoms with Gasteiger partial charge in [0.25, 0.3) is 0 Å². The lowest BCUT2D eigenvalue weighted by atomic mass is 10.2. The lowest BCUT2D eigenvalue weighted by Crippen LogP contribution is -2.24. The zero-order valence-corrected chi connectivity index (χ0v) is 11.8. The lowest BCUT2D eigenvalue weighted by Gasteiger charge is -2.23. The van der Waals surface area contributed by atoms with Crippen molar-refractivity contribution in [2.45, 2.75) is 13.5 Å². The monoisotopic (exact) mass is 306 g/mol. The molecule has 0 aliphatic heterocycles. The smallest absolute Gasteiger partial charge is 0.148 e. The van der Waals surface area contributed by atoms with E-state index in [1.807, 2.05) is 18.2 Å². The molecule has 0 radical (unpaired) electrons. The van der Waals surface area contributed by atoms with Gasteiger partial charge in [0.1, 0.15) is 22.4 Å². The third-order valence-electron chi connectivity index (χ3n) is 2.70. The predicted molar refractivity (Wildman–Crippen MR) is 77.3 cm³/mol. The molecule has 94 valence electrons. The Labute approximate surface area is 115 Å². The molecule has 1 aromatic carbocycles. The highest BCUT2D eigenvalue weighted by Crippen LogP contribution is 2.28. The Morgan fingerprint density at radius 3 is 2.61 bits per heavy atom. The molecule has 0 bridgehead atoms. The van der Waals surface area contributed by atoms with Gasteiger partial charge < -0.3 is 10.6 Å². The molecular formula is C13H15BrN4. The van der Waals surface area contributed by atoms with Crippen LogP contribution in [0.25, 0.3) is 0 Å². The second-order valence-corrected chi connectivity index (χ2v) is 4.69. The van der Waals surface area contributed by atoms with Gasteiger partial charge in [-0.25, -0.2) is 9.97 Å². The Morgan fingerprint density at radius 1 is 1.22 bits per heavy atom. The van der Waals surface area contributed by atoms with E-state index < -0.39 is 0 Å². The predicted octanol–water partition coefficient (Wildman–Crippen LogP) is 2.85. The van der Waals surface area contributed by atoms with E-state index in [0.29, 0.717) is 5.82 Å². The Morgan fingerprint density at radius 2 is 1.94 bits per heavy atom. The number of benzene rings is 1. The lowest BCUT2D eigenvalue weighted by molar-refractivity contribution is 0.807. The molecule has 0 fully saturated rings. The molecule has 2 rings (SSSR count). The Bertz CT molecular complexity index is 516. The van der Waals surface area contributed by atoms with E-state index in [-0.39, 0.29) is 0 Å². The number of anilines is 2. The molecule has 0 unspecified atom stereocenters. The normalized spacial score (nSPS) is 10.3. The molecule has 5 heteroatoms. The molecule has 4 nitrogen and oxygen atoms in total. The van der Waals surface area contributed by atoms with Crippen molar-refractivity contribution >= 4 is 27.6 Å². The van der Waals surface area contributed by atoms with Crippen molar-refractivity contribution in [3.8, 4) is 0 Å². The zero-order valence-electron chi connectivity index (χ0n) is 10.2. The fourth-order valence-electron chi connectivity index (χ4n) is 1.73. The van der Waals surface area contributed by atoms with E-state index in [2.05, 4.69) is 49.9 Å². The number of hydrogen-bond donors (Lipinski definition) is 1. The summed E-state index contributed by atoms with van der Waals surface area (Å²) in [4.78, 5) is 10.4. The summed E-state index contributed by atoms with van der Waals surface area (Å²) in [7, 11) is 0. The molecule has 2 aromatic rings. The van der Waals surface area contributed by atoms with Gasteiger partial charge in [0.15, 0.2) is 0 Å². The molecule has 0 amide bonds. The Kier molecular flexibility index (Phi) is 4.15. The summed E-state index contributed by atoms with van der Waals surface area (Å²) in [6, 6.07) is 10.3. The van der Waals surface area contributed by atoms with E-state index in [1.165, 1.54) is 11.9 Å². The van der Waals surface area contributed by atoms with Crippen LogP contribution in [0, 0.1) is 0 Å². The molecule has 1 aromatic heterocycles. The largest absolute Gasteiger partial charge is 0.383 e. The van der Waals surface area contributed by atoms with Crippen molar-refractivity contribution in [3.05, 3.63) is 46.7 Å². The van der Waals surface area contributed by atoms with Crippen LogP contribution in [-0.4, -0.2) is 16.5 Å². The second kappa shape index (κ2) is 5.82. The van der Waals surface area contributed by atoms with E-state index in [9.17, 15) is 0 Å². The van der Waals surface area contributed by atoms with Gasteiger partial charge in [-0.05, 0) is 28.4 Å². The quantitative estimate of drug-likeness (QED) is 0.943. The maximum absolute atomic E-state index is 5.78. The summed E-state index contributed by atoms with van der Waals surface area (Å²) in [5.41, 5.74) is 7.02. The maximum atomic E-state index is 5.78.